The number of hydrogen-bond donors (Lipinski definition) is 2. The monoisotopic (exact) mass is 248 g/mol. The second-order valence-corrected chi connectivity index (χ2v) is 4.74. The summed E-state index contributed by atoms with van der Waals surface area (Å²) >= 11 is 0. The van der Waals surface area contributed by atoms with E-state index in [0.717, 1.165) is 18.7 Å². The Kier molecular flexibility index (Phi) is 4.28. The first-order valence-electron chi connectivity index (χ1n) is 6.35. The lowest BCUT2D eigenvalue weighted by Gasteiger charge is -2.26. The van der Waals surface area contributed by atoms with Crippen molar-refractivity contribution in [3.05, 3.63) is 30.1 Å². The molecule has 1 amide bonds. The zero-order chi connectivity index (χ0) is 13.0. The van der Waals surface area contributed by atoms with E-state index in [2.05, 4.69) is 15.2 Å². The van der Waals surface area contributed by atoms with E-state index in [9.17, 15) is 4.79 Å². The maximum atomic E-state index is 12.0. The van der Waals surface area contributed by atoms with Crippen LogP contribution in [0, 0.1) is 0 Å². The van der Waals surface area contributed by atoms with Gasteiger partial charge in [-0.15, -0.1) is 0 Å². The second-order valence-electron chi connectivity index (χ2n) is 4.74. The maximum Gasteiger partial charge on any atom is 0.238 e. The van der Waals surface area contributed by atoms with Crippen LogP contribution in [0.1, 0.15) is 19.0 Å². The average molecular weight is 248 g/mol. The predicted octanol–water partition coefficient (Wildman–Crippen LogP) is 0.119. The summed E-state index contributed by atoms with van der Waals surface area (Å²) in [5, 5.41) is 2.98. The molecule has 2 unspecified atom stereocenters. The molecule has 1 saturated heterocycles. The lowest BCUT2D eigenvalue weighted by atomic mass is 10.2. The zero-order valence-corrected chi connectivity index (χ0v) is 10.7. The van der Waals surface area contributed by atoms with Gasteiger partial charge in [-0.2, -0.15) is 0 Å². The van der Waals surface area contributed by atoms with Gasteiger partial charge in [-0.25, -0.2) is 0 Å². The Morgan fingerprint density at radius 1 is 1.56 bits per heavy atom. The Morgan fingerprint density at radius 2 is 2.39 bits per heavy atom. The number of nitrogens with two attached hydrogens (primary N) is 1. The van der Waals surface area contributed by atoms with Crippen LogP contribution in [0.3, 0.4) is 0 Å². The summed E-state index contributed by atoms with van der Waals surface area (Å²) in [5.74, 6) is 0.0263. The van der Waals surface area contributed by atoms with Gasteiger partial charge < -0.3 is 11.1 Å². The molecule has 1 aliphatic heterocycles. The highest BCUT2D eigenvalue weighted by molar-refractivity contribution is 5.82. The number of pyridine rings is 1. The molecule has 0 bridgehead atoms. The molecule has 5 nitrogen and oxygen atoms in total. The summed E-state index contributed by atoms with van der Waals surface area (Å²) in [6, 6.07) is 5.78. The van der Waals surface area contributed by atoms with Gasteiger partial charge in [0.25, 0.3) is 0 Å². The van der Waals surface area contributed by atoms with Gasteiger partial charge in [0, 0.05) is 31.9 Å². The SMILES string of the molecule is CC1CCN(Cc2ccccn2)C(CN)C(=O)N1. The van der Waals surface area contributed by atoms with Crippen LogP contribution in [0.15, 0.2) is 24.4 Å². The van der Waals surface area contributed by atoms with Gasteiger partial charge in [0.2, 0.25) is 5.91 Å². The first-order valence-corrected chi connectivity index (χ1v) is 6.35. The van der Waals surface area contributed by atoms with Gasteiger partial charge in [-0.1, -0.05) is 6.07 Å². The Hall–Kier alpha value is -1.46. The Balaban J connectivity index is 2.11. The molecule has 0 aliphatic carbocycles. The number of nitrogens with one attached hydrogen (secondary N) is 1. The van der Waals surface area contributed by atoms with E-state index in [1.165, 1.54) is 0 Å². The van der Waals surface area contributed by atoms with Crippen molar-refractivity contribution in [1.29, 1.82) is 0 Å². The van der Waals surface area contributed by atoms with Crippen LogP contribution in [0.4, 0.5) is 0 Å². The molecule has 0 saturated carbocycles. The van der Waals surface area contributed by atoms with Crippen molar-refractivity contribution in [3.63, 3.8) is 0 Å². The van der Waals surface area contributed by atoms with Gasteiger partial charge >= 0.3 is 0 Å². The lowest BCUT2D eigenvalue weighted by Crippen LogP contribution is -2.49. The molecule has 2 atom stereocenters. The van der Waals surface area contributed by atoms with E-state index in [1.807, 2.05) is 25.1 Å². The molecule has 0 aromatic carbocycles. The van der Waals surface area contributed by atoms with Gasteiger partial charge in [0.15, 0.2) is 0 Å². The number of aromatic nitrogens is 1. The standard InChI is InChI=1S/C13H20N4O/c1-10-5-7-17(12(8-14)13(18)16-10)9-11-4-2-3-6-15-11/h2-4,6,10,12H,5,7-9,14H2,1H3,(H,16,18). The van der Waals surface area contributed by atoms with E-state index >= 15 is 0 Å². The lowest BCUT2D eigenvalue weighted by molar-refractivity contribution is -0.125. The maximum absolute atomic E-state index is 12.0. The van der Waals surface area contributed by atoms with E-state index in [-0.39, 0.29) is 18.0 Å². The third kappa shape index (κ3) is 3.05. The highest BCUT2D eigenvalue weighted by Crippen LogP contribution is 2.11. The molecule has 3 N–H and O–H groups in total. The van der Waals surface area contributed by atoms with Crippen molar-refractivity contribution in [1.82, 2.24) is 15.2 Å². The van der Waals surface area contributed by atoms with Gasteiger partial charge in [-0.3, -0.25) is 14.7 Å². The Labute approximate surface area is 107 Å². The summed E-state index contributed by atoms with van der Waals surface area (Å²) in [4.78, 5) is 18.4. The van der Waals surface area contributed by atoms with Crippen LogP contribution in [-0.2, 0) is 11.3 Å². The molecule has 18 heavy (non-hydrogen) atoms. The van der Waals surface area contributed by atoms with Crippen LogP contribution in [0.5, 0.6) is 0 Å². The van der Waals surface area contributed by atoms with E-state index in [1.54, 1.807) is 6.20 Å². The molecule has 1 aromatic rings. The number of rotatable bonds is 3. The van der Waals surface area contributed by atoms with E-state index in [4.69, 9.17) is 5.73 Å². The van der Waals surface area contributed by atoms with Crippen molar-refractivity contribution in [3.8, 4) is 0 Å². The van der Waals surface area contributed by atoms with Crippen molar-refractivity contribution in [2.75, 3.05) is 13.1 Å². The Morgan fingerprint density at radius 3 is 3.06 bits per heavy atom. The summed E-state index contributed by atoms with van der Waals surface area (Å²) in [6.07, 6.45) is 2.71. The molecule has 1 aromatic heterocycles. The largest absolute Gasteiger partial charge is 0.352 e. The molecule has 2 heterocycles. The van der Waals surface area contributed by atoms with Crippen LogP contribution in [-0.4, -0.2) is 41.0 Å². The average Bonchev–Trinajstić information content (AvgIpc) is 2.50. The topological polar surface area (TPSA) is 71.2 Å². The fourth-order valence-corrected chi connectivity index (χ4v) is 2.24. The summed E-state index contributed by atoms with van der Waals surface area (Å²) in [5.41, 5.74) is 6.70. The number of carbonyl (C=O) groups excluding carboxylic acids is 1. The normalized spacial score (nSPS) is 25.6. The predicted molar refractivity (Wildman–Crippen MR) is 69.7 cm³/mol. The zero-order valence-electron chi connectivity index (χ0n) is 10.7. The van der Waals surface area contributed by atoms with Crippen LogP contribution in [0.2, 0.25) is 0 Å². The molecular weight excluding hydrogens is 228 g/mol. The first-order chi connectivity index (χ1) is 8.70. The number of carbonyl (C=O) groups is 1. The minimum atomic E-state index is -0.253. The summed E-state index contributed by atoms with van der Waals surface area (Å²) in [7, 11) is 0. The Bertz CT molecular complexity index is 395. The minimum Gasteiger partial charge on any atom is -0.352 e. The van der Waals surface area contributed by atoms with E-state index in [0.29, 0.717) is 13.1 Å². The van der Waals surface area contributed by atoms with Crippen molar-refractivity contribution in [2.24, 2.45) is 5.73 Å². The smallest absolute Gasteiger partial charge is 0.238 e. The number of hydrogen-bond acceptors (Lipinski definition) is 4. The fourth-order valence-electron chi connectivity index (χ4n) is 2.24. The molecule has 1 fully saturated rings. The minimum absolute atomic E-state index is 0.0263. The highest BCUT2D eigenvalue weighted by atomic mass is 16.2. The van der Waals surface area contributed by atoms with Crippen LogP contribution in [0.25, 0.3) is 0 Å². The number of amides is 1. The first kappa shape index (κ1) is 13.0. The molecule has 5 heteroatoms. The van der Waals surface area contributed by atoms with Crippen LogP contribution < -0.4 is 11.1 Å². The van der Waals surface area contributed by atoms with Gasteiger partial charge in [-0.05, 0) is 25.5 Å². The molecular formula is C13H20N4O. The molecule has 2 rings (SSSR count). The molecule has 0 radical (unpaired) electrons. The highest BCUT2D eigenvalue weighted by Gasteiger charge is 2.29. The van der Waals surface area contributed by atoms with Crippen molar-refractivity contribution in [2.45, 2.75) is 32.0 Å². The fraction of sp³-hybridized carbons (Fsp3) is 0.538. The summed E-state index contributed by atoms with van der Waals surface area (Å²) < 4.78 is 0. The van der Waals surface area contributed by atoms with Gasteiger partial charge in [0.1, 0.15) is 6.04 Å². The van der Waals surface area contributed by atoms with E-state index < -0.39 is 0 Å². The van der Waals surface area contributed by atoms with Crippen molar-refractivity contribution < 1.29 is 4.79 Å². The van der Waals surface area contributed by atoms with Crippen molar-refractivity contribution >= 4 is 5.91 Å². The van der Waals surface area contributed by atoms with Gasteiger partial charge in [0.05, 0.1) is 5.69 Å². The molecule has 0 spiro atoms. The summed E-state index contributed by atoms with van der Waals surface area (Å²) in [6.45, 7) is 3.89. The molecule has 98 valence electrons. The van der Waals surface area contributed by atoms with Crippen LogP contribution >= 0.6 is 0 Å². The third-order valence-electron chi connectivity index (χ3n) is 3.30. The third-order valence-corrected chi connectivity index (χ3v) is 3.30. The quantitative estimate of drug-likeness (QED) is 0.797. The molecule has 1 aliphatic rings. The number of nitrogens with zero attached hydrogens (tertiary/aromatic N) is 2. The second kappa shape index (κ2) is 5.93.